The first-order valence-electron chi connectivity index (χ1n) is 7.66. The molecule has 0 saturated heterocycles. The van der Waals surface area contributed by atoms with E-state index in [1.807, 2.05) is 6.92 Å². The van der Waals surface area contributed by atoms with Gasteiger partial charge in [-0.2, -0.15) is 5.10 Å². The lowest BCUT2D eigenvalue weighted by atomic mass is 10.2. The summed E-state index contributed by atoms with van der Waals surface area (Å²) in [6.45, 7) is 6.50. The minimum absolute atomic E-state index is 0.161. The van der Waals surface area contributed by atoms with E-state index >= 15 is 0 Å². The van der Waals surface area contributed by atoms with E-state index in [-0.39, 0.29) is 18.7 Å². The molecule has 0 radical (unpaired) electrons. The average molecular weight is 373 g/mol. The van der Waals surface area contributed by atoms with Gasteiger partial charge in [-0.3, -0.25) is 9.99 Å². The second-order valence-corrected chi connectivity index (χ2v) is 6.81. The van der Waals surface area contributed by atoms with E-state index in [1.165, 1.54) is 0 Å². The number of methoxy groups -OCH3 is 1. The molecule has 0 unspecified atom stereocenters. The van der Waals surface area contributed by atoms with Crippen LogP contribution in [-0.4, -0.2) is 37.4 Å². The molecule has 0 spiro atoms. The number of hydrogen-bond donors (Lipinski definition) is 2. The van der Waals surface area contributed by atoms with Crippen molar-refractivity contribution in [3.8, 4) is 5.75 Å². The Labute approximate surface area is 148 Å². The summed E-state index contributed by atoms with van der Waals surface area (Å²) in [5, 5.41) is 7.42. The van der Waals surface area contributed by atoms with Gasteiger partial charge in [0.15, 0.2) is 10.6 Å². The summed E-state index contributed by atoms with van der Waals surface area (Å²) < 4.78 is 29.1. The number of thiocarbonyl (C=S) groups is 1. The molecular formula is C15H24N3O4PS. The molecule has 0 amide bonds. The molecule has 0 aliphatic heterocycles. The van der Waals surface area contributed by atoms with Crippen molar-refractivity contribution in [3.05, 3.63) is 29.8 Å². The molecule has 1 aromatic rings. The minimum atomic E-state index is -3.59. The van der Waals surface area contributed by atoms with Crippen LogP contribution < -0.4 is 15.5 Å². The highest BCUT2D eigenvalue weighted by atomic mass is 32.1. The molecule has 0 bridgehead atoms. The molecule has 134 valence electrons. The van der Waals surface area contributed by atoms with Crippen molar-refractivity contribution in [3.63, 3.8) is 0 Å². The van der Waals surface area contributed by atoms with Gasteiger partial charge in [0.1, 0.15) is 5.75 Å². The van der Waals surface area contributed by atoms with E-state index in [0.29, 0.717) is 23.0 Å². The van der Waals surface area contributed by atoms with Crippen LogP contribution in [0.3, 0.4) is 0 Å². The Morgan fingerprint density at radius 2 is 1.75 bits per heavy atom. The van der Waals surface area contributed by atoms with Crippen LogP contribution in [-0.2, 0) is 13.6 Å². The van der Waals surface area contributed by atoms with Crippen LogP contribution in [0.4, 0.5) is 0 Å². The maximum absolute atomic E-state index is 13.1. The number of nitrogens with zero attached hydrogens (tertiary/aromatic N) is 1. The quantitative estimate of drug-likeness (QED) is 0.298. The number of nitrogens with one attached hydrogen (secondary N) is 2. The van der Waals surface area contributed by atoms with Gasteiger partial charge < -0.3 is 19.1 Å². The molecule has 7 nitrogen and oxygen atoms in total. The third kappa shape index (κ3) is 5.87. The molecule has 0 aliphatic rings. The third-order valence-corrected chi connectivity index (χ3v) is 5.12. The van der Waals surface area contributed by atoms with E-state index in [9.17, 15) is 4.57 Å². The van der Waals surface area contributed by atoms with Gasteiger partial charge in [-0.1, -0.05) is 0 Å². The van der Waals surface area contributed by atoms with Crippen molar-refractivity contribution in [2.24, 2.45) is 5.10 Å². The lowest BCUT2D eigenvalue weighted by molar-refractivity contribution is 0.232. The smallest absolute Gasteiger partial charge is 0.381 e. The van der Waals surface area contributed by atoms with Gasteiger partial charge in [0.05, 0.1) is 20.3 Å². The Kier molecular flexibility index (Phi) is 8.92. The molecule has 24 heavy (non-hydrogen) atoms. The predicted octanol–water partition coefficient (Wildman–Crippen LogP) is 3.11. The van der Waals surface area contributed by atoms with Crippen LogP contribution in [0.2, 0.25) is 0 Å². The summed E-state index contributed by atoms with van der Waals surface area (Å²) in [7, 11) is -2.02. The molecule has 0 fully saturated rings. The highest BCUT2D eigenvalue weighted by Crippen LogP contribution is 2.51. The van der Waals surface area contributed by atoms with E-state index in [0.717, 1.165) is 0 Å². The van der Waals surface area contributed by atoms with Gasteiger partial charge in [-0.05, 0) is 57.3 Å². The number of rotatable bonds is 9. The highest BCUT2D eigenvalue weighted by molar-refractivity contribution is 7.80. The lowest BCUT2D eigenvalue weighted by Crippen LogP contribution is -2.32. The molecular weight excluding hydrogens is 349 g/mol. The molecule has 0 saturated carbocycles. The summed E-state index contributed by atoms with van der Waals surface area (Å²) in [4.78, 5) is 0. The largest absolute Gasteiger partial charge is 0.497 e. The van der Waals surface area contributed by atoms with Gasteiger partial charge in [0, 0.05) is 12.1 Å². The first-order chi connectivity index (χ1) is 11.5. The fourth-order valence-corrected chi connectivity index (χ4v) is 3.65. The molecule has 2 N–H and O–H groups in total. The van der Waals surface area contributed by atoms with Gasteiger partial charge >= 0.3 is 7.60 Å². The lowest BCUT2D eigenvalue weighted by Gasteiger charge is -2.19. The van der Waals surface area contributed by atoms with Crippen LogP contribution in [0.15, 0.2) is 29.4 Å². The van der Waals surface area contributed by atoms with Crippen molar-refractivity contribution in [1.29, 1.82) is 0 Å². The average Bonchev–Trinajstić information content (AvgIpc) is 2.56. The van der Waals surface area contributed by atoms with Crippen LogP contribution in [0.5, 0.6) is 5.75 Å². The first kappa shape index (κ1) is 20.6. The van der Waals surface area contributed by atoms with E-state index < -0.39 is 7.60 Å². The number of hydrazone groups is 1. The summed E-state index contributed by atoms with van der Waals surface area (Å²) in [6, 6.07) is 6.96. The normalized spacial score (nSPS) is 11.9. The second-order valence-electron chi connectivity index (χ2n) is 4.47. The molecule has 1 aromatic carbocycles. The maximum Gasteiger partial charge on any atom is 0.381 e. The van der Waals surface area contributed by atoms with Crippen LogP contribution in [0.25, 0.3) is 0 Å². The molecule has 0 aromatic heterocycles. The molecule has 0 atom stereocenters. The van der Waals surface area contributed by atoms with Crippen LogP contribution in [0, 0.1) is 0 Å². The van der Waals surface area contributed by atoms with Crippen molar-refractivity contribution in [2.45, 2.75) is 20.8 Å². The maximum atomic E-state index is 13.1. The fourth-order valence-electron chi connectivity index (χ4n) is 1.83. The topological polar surface area (TPSA) is 81.2 Å². The van der Waals surface area contributed by atoms with E-state index in [4.69, 9.17) is 26.0 Å². The zero-order valence-electron chi connectivity index (χ0n) is 14.4. The SMILES string of the molecule is CCNC(=S)N/N=C(\c1ccc(OC)cc1)P(=O)(OCC)OCC. The van der Waals surface area contributed by atoms with E-state index in [2.05, 4.69) is 15.8 Å². The Morgan fingerprint density at radius 1 is 1.17 bits per heavy atom. The van der Waals surface area contributed by atoms with Gasteiger partial charge in [0.2, 0.25) is 0 Å². The monoisotopic (exact) mass is 373 g/mol. The number of benzene rings is 1. The predicted molar refractivity (Wildman–Crippen MR) is 99.8 cm³/mol. The Hall–Kier alpha value is -1.47. The van der Waals surface area contributed by atoms with Crippen molar-refractivity contribution < 1.29 is 18.3 Å². The second kappa shape index (κ2) is 10.4. The molecule has 0 heterocycles. The Balaban J connectivity index is 3.25. The summed E-state index contributed by atoms with van der Waals surface area (Å²) >= 11 is 5.09. The van der Waals surface area contributed by atoms with Crippen LogP contribution in [0.1, 0.15) is 26.3 Å². The molecule has 9 heteroatoms. The zero-order valence-corrected chi connectivity index (χ0v) is 16.1. The number of hydrogen-bond acceptors (Lipinski definition) is 6. The molecule has 1 rings (SSSR count). The summed E-state index contributed by atoms with van der Waals surface area (Å²) in [5.74, 6) is 0.678. The first-order valence-corrected chi connectivity index (χ1v) is 9.61. The minimum Gasteiger partial charge on any atom is -0.497 e. The third-order valence-electron chi connectivity index (χ3n) is 2.81. The van der Waals surface area contributed by atoms with Gasteiger partial charge in [-0.15, -0.1) is 0 Å². The molecule has 0 aliphatic carbocycles. The van der Waals surface area contributed by atoms with Crippen molar-refractivity contribution in [1.82, 2.24) is 10.7 Å². The zero-order chi connectivity index (χ0) is 18.0. The summed E-state index contributed by atoms with van der Waals surface area (Å²) in [6.07, 6.45) is 0. The van der Waals surface area contributed by atoms with Crippen molar-refractivity contribution in [2.75, 3.05) is 26.9 Å². The Morgan fingerprint density at radius 3 is 2.21 bits per heavy atom. The van der Waals surface area contributed by atoms with Crippen molar-refractivity contribution >= 4 is 30.4 Å². The van der Waals surface area contributed by atoms with E-state index in [1.54, 1.807) is 45.2 Å². The fraction of sp³-hybridized carbons (Fsp3) is 0.467. The van der Waals surface area contributed by atoms with Gasteiger partial charge in [-0.25, -0.2) is 0 Å². The Bertz CT molecular complexity index is 597. The highest BCUT2D eigenvalue weighted by Gasteiger charge is 2.33. The summed E-state index contributed by atoms with van der Waals surface area (Å²) in [5.41, 5.74) is 3.43. The van der Waals surface area contributed by atoms with Crippen LogP contribution >= 0.6 is 19.8 Å². The number of ether oxygens (including phenoxy) is 1. The van der Waals surface area contributed by atoms with Gasteiger partial charge in [0.25, 0.3) is 0 Å². The standard InChI is InChI=1S/C15H24N3O4PS/c1-5-16-15(24)18-17-14(23(19,21-6-2)22-7-3)12-8-10-13(20-4)11-9-12/h8-11H,5-7H2,1-4H3,(H2,16,18,24)/b17-14+.